The maximum Gasteiger partial charge on any atom is 0.416 e. The number of ether oxygens (including phenoxy) is 3. The summed E-state index contributed by atoms with van der Waals surface area (Å²) in [6.07, 6.45) is -9.45. The lowest BCUT2D eigenvalue weighted by Crippen LogP contribution is -2.23. The van der Waals surface area contributed by atoms with Gasteiger partial charge in [0.25, 0.3) is 0 Å². The monoisotopic (exact) mass is 986 g/mol. The van der Waals surface area contributed by atoms with Crippen LogP contribution in [0, 0.1) is 13.8 Å². The van der Waals surface area contributed by atoms with Crippen LogP contribution < -0.4 is 30.7 Å². The normalized spacial score (nSPS) is 11.4. The quantitative estimate of drug-likeness (QED) is 0.0435. The van der Waals surface area contributed by atoms with Gasteiger partial charge < -0.3 is 35.5 Å². The van der Waals surface area contributed by atoms with E-state index in [9.17, 15) is 45.5 Å². The Kier molecular flexibility index (Phi) is 17.0. The zero-order chi connectivity index (χ0) is 45.1. The largest absolute Gasteiger partial charge is 0.488 e. The van der Waals surface area contributed by atoms with Gasteiger partial charge in [0.05, 0.1) is 20.1 Å². The van der Waals surface area contributed by atoms with Crippen molar-refractivity contribution in [3.63, 3.8) is 0 Å². The molecule has 11 nitrogen and oxygen atoms in total. The summed E-state index contributed by atoms with van der Waals surface area (Å²) in [4.78, 5) is 50.0. The van der Waals surface area contributed by atoms with E-state index in [0.29, 0.717) is 62.3 Å². The zero-order valence-corrected chi connectivity index (χ0v) is 36.5. The number of alkyl halides is 6. The molecule has 61 heavy (non-hydrogen) atoms. The lowest BCUT2D eigenvalue weighted by atomic mass is 10.1. The molecular weight excluding hydrogens is 946 g/mol. The summed E-state index contributed by atoms with van der Waals surface area (Å²) < 4.78 is 98.1. The first-order valence-corrected chi connectivity index (χ1v) is 20.3. The van der Waals surface area contributed by atoms with Gasteiger partial charge in [-0.1, -0.05) is 13.8 Å². The zero-order valence-electron chi connectivity index (χ0n) is 33.3. The molecule has 0 radical (unpaired) electrons. The van der Waals surface area contributed by atoms with Crippen LogP contribution >= 0.6 is 31.9 Å². The first-order chi connectivity index (χ1) is 28.6. The number of esters is 2. The molecule has 328 valence electrons. The third-order valence-corrected chi connectivity index (χ3v) is 9.61. The number of anilines is 4. The molecule has 4 rings (SSSR count). The molecule has 4 aromatic carbocycles. The van der Waals surface area contributed by atoms with Crippen molar-refractivity contribution < 1.29 is 59.7 Å². The summed E-state index contributed by atoms with van der Waals surface area (Å²) in [5.74, 6) is -3.54. The summed E-state index contributed by atoms with van der Waals surface area (Å²) in [5.41, 5.74) is 1.06. The first kappa shape index (κ1) is 48.4. The van der Waals surface area contributed by atoms with Crippen LogP contribution in [0.1, 0.15) is 72.9 Å². The Balaban J connectivity index is 1.27. The number of amides is 2. The standard InChI is InChI=1S/C42H42Br2F6N4O7/c1-5-7-51-29-13-25(11-27(15-29)41(45,46)47)21-59-39-23(3)9-31(10-24(39)4)53-35(55)19-37(57)61-38(58)20-36(56)54-32-17-33(43)40(34(44)18-32)60-22-26-12-28(42(48,49)50)16-30(14-26)52-8-6-2/h9-18,51-52H,5-8,19-22H2,1-4H3,(H,53,55)(H,54,56). The Morgan fingerprint density at radius 1 is 0.557 bits per heavy atom. The fourth-order valence-electron chi connectivity index (χ4n) is 5.82. The molecule has 0 aliphatic carbocycles. The Morgan fingerprint density at radius 2 is 0.951 bits per heavy atom. The van der Waals surface area contributed by atoms with Crippen molar-refractivity contribution in [2.75, 3.05) is 34.4 Å². The van der Waals surface area contributed by atoms with E-state index in [4.69, 9.17) is 9.47 Å². The summed E-state index contributed by atoms with van der Waals surface area (Å²) in [5, 5.41) is 10.9. The van der Waals surface area contributed by atoms with E-state index in [0.717, 1.165) is 30.7 Å². The summed E-state index contributed by atoms with van der Waals surface area (Å²) in [6.45, 7) is 7.69. The molecule has 0 saturated heterocycles. The molecule has 0 unspecified atom stereocenters. The average molecular weight is 989 g/mol. The van der Waals surface area contributed by atoms with Gasteiger partial charge in [0.1, 0.15) is 37.6 Å². The number of halogens is 8. The van der Waals surface area contributed by atoms with Crippen molar-refractivity contribution in [2.45, 2.75) is 78.9 Å². The van der Waals surface area contributed by atoms with E-state index in [1.807, 2.05) is 13.8 Å². The van der Waals surface area contributed by atoms with Gasteiger partial charge in [-0.2, -0.15) is 26.3 Å². The SMILES string of the molecule is CCCNc1cc(COc2c(C)cc(NC(=O)CC(=O)OC(=O)CC(=O)Nc3cc(Br)c(OCc4cc(NCCC)cc(C(F)(F)F)c4)c(Br)c3)cc2C)cc(C(F)(F)F)c1. The van der Waals surface area contributed by atoms with Crippen molar-refractivity contribution in [3.8, 4) is 11.5 Å². The van der Waals surface area contributed by atoms with Gasteiger partial charge in [-0.3, -0.25) is 19.2 Å². The van der Waals surface area contributed by atoms with E-state index >= 15 is 0 Å². The van der Waals surface area contributed by atoms with Crippen LogP contribution in [0.2, 0.25) is 0 Å². The fraction of sp³-hybridized carbons (Fsp3) is 0.333. The maximum absolute atomic E-state index is 13.5. The fourth-order valence-corrected chi connectivity index (χ4v) is 7.24. The van der Waals surface area contributed by atoms with Crippen molar-refractivity contribution in [1.82, 2.24) is 0 Å². The predicted octanol–water partition coefficient (Wildman–Crippen LogP) is 11.1. The number of carbonyl (C=O) groups excluding carboxylic acids is 4. The van der Waals surface area contributed by atoms with Crippen LogP contribution in [0.4, 0.5) is 49.1 Å². The molecule has 4 aromatic rings. The molecule has 0 heterocycles. The number of hydrogen-bond donors (Lipinski definition) is 4. The van der Waals surface area contributed by atoms with Gasteiger partial charge in [-0.05, 0) is 141 Å². The number of hydrogen-bond acceptors (Lipinski definition) is 9. The third kappa shape index (κ3) is 15.0. The number of benzene rings is 4. The van der Waals surface area contributed by atoms with Crippen LogP contribution in [0.5, 0.6) is 11.5 Å². The Bertz CT molecular complexity index is 2050. The molecule has 0 aromatic heterocycles. The molecule has 0 spiro atoms. The molecule has 0 aliphatic heterocycles. The van der Waals surface area contributed by atoms with E-state index in [1.165, 1.54) is 24.3 Å². The minimum absolute atomic E-state index is 0.167. The Labute approximate surface area is 364 Å². The van der Waals surface area contributed by atoms with Crippen LogP contribution in [0.15, 0.2) is 69.6 Å². The topological polar surface area (TPSA) is 144 Å². The minimum Gasteiger partial charge on any atom is -0.488 e. The minimum atomic E-state index is -4.57. The van der Waals surface area contributed by atoms with Crippen LogP contribution in [-0.4, -0.2) is 36.8 Å². The highest BCUT2D eigenvalue weighted by molar-refractivity contribution is 9.11. The van der Waals surface area contributed by atoms with Crippen LogP contribution in [0.3, 0.4) is 0 Å². The first-order valence-electron chi connectivity index (χ1n) is 18.7. The van der Waals surface area contributed by atoms with E-state index in [1.54, 1.807) is 26.0 Å². The van der Waals surface area contributed by atoms with Gasteiger partial charge in [0.2, 0.25) is 11.8 Å². The van der Waals surface area contributed by atoms with Gasteiger partial charge in [-0.25, -0.2) is 0 Å². The van der Waals surface area contributed by atoms with Crippen LogP contribution in [0.25, 0.3) is 0 Å². The number of nitrogens with one attached hydrogen (secondary N) is 4. The van der Waals surface area contributed by atoms with Crippen molar-refractivity contribution >= 4 is 78.4 Å². The lowest BCUT2D eigenvalue weighted by molar-refractivity contribution is -0.160. The van der Waals surface area contributed by atoms with Gasteiger partial charge in [0, 0.05) is 35.8 Å². The molecule has 0 fully saturated rings. The third-order valence-electron chi connectivity index (χ3n) is 8.43. The van der Waals surface area contributed by atoms with E-state index in [2.05, 4.69) is 57.9 Å². The van der Waals surface area contributed by atoms with Gasteiger partial charge in [-0.15, -0.1) is 0 Å². The molecule has 19 heteroatoms. The molecule has 4 N–H and O–H groups in total. The maximum atomic E-state index is 13.5. The van der Waals surface area contributed by atoms with Crippen molar-refractivity contribution in [1.29, 1.82) is 0 Å². The Morgan fingerprint density at radius 3 is 1.34 bits per heavy atom. The Hall–Kier alpha value is -5.30. The van der Waals surface area contributed by atoms with Gasteiger partial charge in [0.15, 0.2) is 0 Å². The van der Waals surface area contributed by atoms with Crippen molar-refractivity contribution in [2.24, 2.45) is 0 Å². The van der Waals surface area contributed by atoms with Crippen LogP contribution in [-0.2, 0) is 49.5 Å². The van der Waals surface area contributed by atoms with E-state index < -0.39 is 60.1 Å². The second-order valence-corrected chi connectivity index (χ2v) is 15.5. The number of carbonyl (C=O) groups is 4. The molecular formula is C42H42Br2F6N4O7. The van der Waals surface area contributed by atoms with Crippen molar-refractivity contribution in [3.05, 3.63) is 103 Å². The molecule has 0 atom stereocenters. The lowest BCUT2D eigenvalue weighted by Gasteiger charge is -2.17. The molecule has 0 bridgehead atoms. The second kappa shape index (κ2) is 21.5. The second-order valence-electron chi connectivity index (χ2n) is 13.8. The smallest absolute Gasteiger partial charge is 0.416 e. The molecule has 2 amide bonds. The summed E-state index contributed by atoms with van der Waals surface area (Å²) in [6, 6.07) is 13.1. The molecule has 0 aliphatic rings. The summed E-state index contributed by atoms with van der Waals surface area (Å²) in [7, 11) is 0. The summed E-state index contributed by atoms with van der Waals surface area (Å²) >= 11 is 6.63. The van der Waals surface area contributed by atoms with E-state index in [-0.39, 0.29) is 35.9 Å². The highest BCUT2D eigenvalue weighted by Crippen LogP contribution is 2.38. The highest BCUT2D eigenvalue weighted by atomic mass is 79.9. The van der Waals surface area contributed by atoms with Gasteiger partial charge >= 0.3 is 24.3 Å². The highest BCUT2D eigenvalue weighted by Gasteiger charge is 2.32. The predicted molar refractivity (Wildman–Crippen MR) is 224 cm³/mol. The number of aryl methyl sites for hydroxylation is 2. The molecule has 0 saturated carbocycles. The number of rotatable bonds is 18. The average Bonchev–Trinajstić information content (AvgIpc) is 3.14.